The van der Waals surface area contributed by atoms with Gasteiger partial charge in [-0.15, -0.1) is 0 Å². The lowest BCUT2D eigenvalue weighted by Gasteiger charge is -2.46. The number of carbonyl (C=O) groups excluding carboxylic acids is 2. The number of allylic oxidation sites excluding steroid dienone is 12. The minimum absolute atomic E-state index is 0.0901. The Labute approximate surface area is 393 Å². The second kappa shape index (κ2) is 28.8. The Morgan fingerprint density at radius 3 is 1.87 bits per heavy atom. The van der Waals surface area contributed by atoms with Crippen molar-refractivity contribution < 1.29 is 79.6 Å². The molecule has 19 heteroatoms. The zero-order chi connectivity index (χ0) is 49.8. The molecule has 67 heavy (non-hydrogen) atoms. The summed E-state index contributed by atoms with van der Waals surface area (Å²) < 4.78 is 23.6. The average molecular weight is 952 g/mol. The van der Waals surface area contributed by atoms with Crippen molar-refractivity contribution in [3.05, 3.63) is 85.1 Å². The molecule has 19 atom stereocenters. The predicted octanol–water partition coefficient (Wildman–Crippen LogP) is 0.309. The predicted molar refractivity (Wildman–Crippen MR) is 247 cm³/mol. The van der Waals surface area contributed by atoms with Crippen LogP contribution in [0.1, 0.15) is 79.1 Å². The van der Waals surface area contributed by atoms with Crippen LogP contribution >= 0.6 is 0 Å². The number of ether oxygens (including phenoxy) is 4. The summed E-state index contributed by atoms with van der Waals surface area (Å²) in [5.41, 5.74) is 6.07. The molecule has 0 aromatic rings. The van der Waals surface area contributed by atoms with Gasteiger partial charge in [-0.2, -0.15) is 0 Å². The monoisotopic (exact) mass is 952 g/mol. The summed E-state index contributed by atoms with van der Waals surface area (Å²) in [5, 5.41) is 114. The highest BCUT2D eigenvalue weighted by Crippen LogP contribution is 2.35. The lowest BCUT2D eigenvalue weighted by Crippen LogP contribution is -2.63. The number of aliphatic hydroxyl groups excluding tert-OH is 9. The van der Waals surface area contributed by atoms with Crippen molar-refractivity contribution in [2.45, 2.75) is 183 Å². The Balaban J connectivity index is 1.89. The number of nitrogens with two attached hydrogens (primary N) is 1. The van der Waals surface area contributed by atoms with Crippen LogP contribution in [0.4, 0.5) is 4.79 Å². The number of aliphatic hydroxyl groups is 10. The summed E-state index contributed by atoms with van der Waals surface area (Å²) in [6.45, 7) is 6.79. The molecule has 0 saturated carbocycles. The molecule has 19 nitrogen and oxygen atoms in total. The molecule has 2 amide bonds. The Bertz CT molecular complexity index is 1710. The van der Waals surface area contributed by atoms with Gasteiger partial charge in [-0.1, -0.05) is 98.9 Å². The van der Waals surface area contributed by atoms with E-state index in [1.54, 1.807) is 69.4 Å². The van der Waals surface area contributed by atoms with E-state index in [0.717, 1.165) is 0 Å². The van der Waals surface area contributed by atoms with Gasteiger partial charge in [0.15, 0.2) is 12.1 Å². The molecule has 3 heterocycles. The topological polar surface area (TPSA) is 323 Å². The van der Waals surface area contributed by atoms with Crippen molar-refractivity contribution in [1.29, 1.82) is 0 Å². The highest BCUT2D eigenvalue weighted by Gasteiger charge is 2.49. The van der Waals surface area contributed by atoms with Gasteiger partial charge < -0.3 is 86.4 Å². The molecule has 0 aromatic heterocycles. The lowest BCUT2D eigenvalue weighted by atomic mass is 9.87. The Kier molecular flexibility index (Phi) is 24.8. The third kappa shape index (κ3) is 19.7. The van der Waals surface area contributed by atoms with Gasteiger partial charge in [0.2, 0.25) is 0 Å². The SMILES string of the molecule is CNC(=O)NC1[C@@H]2C[C@@H](OC3OC(C)C(O)C(N)C3O)/C=C/C=C/C=C/C=C/C=C/C=C/C=C/[C@H](C)[C@@H](O)[C@@H](C)[C@H](C)OC(=O)C[C@H](O)C[C@H](O)CC[C@@H](O)[C@H](O)C[C@H](O)C[C@](O)(C[C@@H]1O)O2. The largest absolute Gasteiger partial charge is 0.462 e. The summed E-state index contributed by atoms with van der Waals surface area (Å²) in [5.74, 6) is -3.68. The molecule has 3 aliphatic heterocycles. The molecule has 14 N–H and O–H groups in total. The van der Waals surface area contributed by atoms with E-state index in [-0.39, 0.29) is 31.6 Å². The number of amides is 2. The van der Waals surface area contributed by atoms with Gasteiger partial charge in [-0.05, 0) is 33.1 Å². The molecule has 0 aromatic carbocycles. The summed E-state index contributed by atoms with van der Waals surface area (Å²) in [7, 11) is 1.37. The van der Waals surface area contributed by atoms with Crippen LogP contribution in [0, 0.1) is 11.8 Å². The fraction of sp³-hybridized carbons (Fsp3) is 0.667. The maximum atomic E-state index is 12.6. The van der Waals surface area contributed by atoms with E-state index in [1.807, 2.05) is 43.4 Å². The number of urea groups is 1. The summed E-state index contributed by atoms with van der Waals surface area (Å²) >= 11 is 0. The smallest absolute Gasteiger partial charge is 0.314 e. The van der Waals surface area contributed by atoms with Crippen molar-refractivity contribution in [3.63, 3.8) is 0 Å². The highest BCUT2D eigenvalue weighted by atomic mass is 16.7. The van der Waals surface area contributed by atoms with Gasteiger partial charge in [0.25, 0.3) is 0 Å². The van der Waals surface area contributed by atoms with E-state index in [9.17, 15) is 60.7 Å². The van der Waals surface area contributed by atoms with Gasteiger partial charge in [0.1, 0.15) is 12.2 Å². The van der Waals surface area contributed by atoms with Crippen LogP contribution in [-0.2, 0) is 23.7 Å². The summed E-state index contributed by atoms with van der Waals surface area (Å²) in [6.07, 6.45) is 5.17. The number of fused-ring (bicyclic) bond motifs is 2. The van der Waals surface area contributed by atoms with Crippen LogP contribution in [0.5, 0.6) is 0 Å². The van der Waals surface area contributed by atoms with E-state index in [4.69, 9.17) is 24.7 Å². The van der Waals surface area contributed by atoms with Crippen LogP contribution in [0.15, 0.2) is 85.1 Å². The first-order chi connectivity index (χ1) is 31.6. The fourth-order valence-electron chi connectivity index (χ4n) is 8.06. The minimum Gasteiger partial charge on any atom is -0.462 e. The van der Waals surface area contributed by atoms with E-state index in [2.05, 4.69) is 10.6 Å². The average Bonchev–Trinajstić information content (AvgIpc) is 3.26. The summed E-state index contributed by atoms with van der Waals surface area (Å²) in [6, 6.07) is -2.93. The third-order valence-electron chi connectivity index (χ3n) is 12.3. The number of hydrogen-bond donors (Lipinski definition) is 13. The first kappa shape index (κ1) is 57.7. The van der Waals surface area contributed by atoms with E-state index < -0.39 is 147 Å². The van der Waals surface area contributed by atoms with Crippen LogP contribution in [0.3, 0.4) is 0 Å². The van der Waals surface area contributed by atoms with Crippen molar-refractivity contribution >= 4 is 12.0 Å². The molecule has 2 bridgehead atoms. The molecule has 2 fully saturated rings. The minimum atomic E-state index is -2.23. The van der Waals surface area contributed by atoms with Gasteiger partial charge >= 0.3 is 12.0 Å². The molecule has 3 aliphatic rings. The second-order valence-electron chi connectivity index (χ2n) is 18.0. The fourth-order valence-corrected chi connectivity index (χ4v) is 8.06. The first-order valence-electron chi connectivity index (χ1n) is 23.1. The maximum absolute atomic E-state index is 12.6. The molecule has 0 aliphatic carbocycles. The summed E-state index contributed by atoms with van der Waals surface area (Å²) in [4.78, 5) is 25.2. The number of esters is 1. The van der Waals surface area contributed by atoms with Gasteiger partial charge in [0, 0.05) is 44.6 Å². The number of carbonyl (C=O) groups is 2. The second-order valence-corrected chi connectivity index (χ2v) is 18.0. The zero-order valence-corrected chi connectivity index (χ0v) is 39.1. The van der Waals surface area contributed by atoms with Gasteiger partial charge in [0.05, 0.1) is 85.6 Å². The third-order valence-corrected chi connectivity index (χ3v) is 12.3. The molecule has 0 spiro atoms. The standard InChI is InChI=1S/C48H77N3O16/c1-28-18-16-14-12-10-8-6-7-9-11-13-15-17-19-35(66-46-45(61)41(49)44(60)31(4)65-46)25-39-42(51-47(62)50-5)38(57)27-48(63,67-39)26-34(54)23-37(56)36(55)21-20-32(52)22-33(53)24-40(58)64-30(3)29(2)43(28)59/h6-19,28-39,41-46,52-57,59-61,63H,20-27,49H2,1-5H3,(H2,50,51,62)/b7-6+,10-8+,11-9+,14-12+,15-13+,18-16+,19-17+/t28-,29-,30-,31?,32+,33+,34-,35-,36+,37+,38-,39-,41?,42?,43+,44?,45?,46?,48+/m0/s1. The number of hydrogen-bond acceptors (Lipinski definition) is 17. The molecule has 380 valence electrons. The molecular weight excluding hydrogens is 875 g/mol. The van der Waals surface area contributed by atoms with E-state index in [0.29, 0.717) is 0 Å². The number of nitrogens with one attached hydrogen (secondary N) is 2. The molecule has 0 radical (unpaired) electrons. The quantitative estimate of drug-likeness (QED) is 0.169. The highest BCUT2D eigenvalue weighted by molar-refractivity contribution is 5.74. The maximum Gasteiger partial charge on any atom is 0.314 e. The number of cyclic esters (lactones) is 1. The Morgan fingerprint density at radius 2 is 1.27 bits per heavy atom. The van der Waals surface area contributed by atoms with E-state index >= 15 is 0 Å². The Hall–Kier alpha value is -3.64. The Morgan fingerprint density at radius 1 is 0.687 bits per heavy atom. The van der Waals surface area contributed by atoms with Gasteiger partial charge in [-0.25, -0.2) is 4.79 Å². The molecule has 3 rings (SSSR count). The zero-order valence-electron chi connectivity index (χ0n) is 39.1. The van der Waals surface area contributed by atoms with Crippen LogP contribution in [-0.4, -0.2) is 174 Å². The first-order valence-corrected chi connectivity index (χ1v) is 23.1. The molecular formula is C48H77N3O16. The van der Waals surface area contributed by atoms with Crippen molar-refractivity contribution in [2.24, 2.45) is 17.6 Å². The molecule has 6 unspecified atom stereocenters. The van der Waals surface area contributed by atoms with Crippen LogP contribution in [0.2, 0.25) is 0 Å². The van der Waals surface area contributed by atoms with Crippen LogP contribution < -0.4 is 16.4 Å². The van der Waals surface area contributed by atoms with Crippen molar-refractivity contribution in [2.75, 3.05) is 7.05 Å². The lowest BCUT2D eigenvalue weighted by molar-refractivity contribution is -0.303. The number of rotatable bonds is 3. The van der Waals surface area contributed by atoms with E-state index in [1.165, 1.54) is 7.05 Å². The van der Waals surface area contributed by atoms with Crippen molar-refractivity contribution in [1.82, 2.24) is 10.6 Å². The normalized spacial score (nSPS) is 44.4. The van der Waals surface area contributed by atoms with Gasteiger partial charge in [-0.3, -0.25) is 4.79 Å². The van der Waals surface area contributed by atoms with Crippen molar-refractivity contribution in [3.8, 4) is 0 Å². The molecule has 2 saturated heterocycles. The van der Waals surface area contributed by atoms with Crippen LogP contribution in [0.25, 0.3) is 0 Å².